The van der Waals surface area contributed by atoms with Gasteiger partial charge in [0.05, 0.1) is 12.1 Å². The minimum atomic E-state index is -1.24. The first-order valence-corrected chi connectivity index (χ1v) is 18.6. The Kier molecular flexibility index (Phi) is 20.2. The van der Waals surface area contributed by atoms with E-state index < -0.39 is 71.7 Å². The second-order valence-electron chi connectivity index (χ2n) is 13.4. The Hall–Kier alpha value is -5.10. The van der Waals surface area contributed by atoms with E-state index in [9.17, 15) is 33.6 Å². The zero-order valence-corrected chi connectivity index (χ0v) is 31.4. The summed E-state index contributed by atoms with van der Waals surface area (Å²) in [4.78, 5) is 97.7. The van der Waals surface area contributed by atoms with E-state index in [1.54, 1.807) is 30.3 Å². The Morgan fingerprint density at radius 2 is 1.46 bits per heavy atom. The highest BCUT2D eigenvalue weighted by Gasteiger charge is 2.33. The van der Waals surface area contributed by atoms with Gasteiger partial charge in [0.25, 0.3) is 0 Å². The van der Waals surface area contributed by atoms with E-state index in [2.05, 4.69) is 36.9 Å². The van der Waals surface area contributed by atoms with Crippen molar-refractivity contribution in [2.45, 2.75) is 121 Å². The van der Waals surface area contributed by atoms with Crippen LogP contribution in [0.25, 0.3) is 0 Å². The van der Waals surface area contributed by atoms with Gasteiger partial charge in [-0.25, -0.2) is 0 Å². The van der Waals surface area contributed by atoms with Crippen molar-refractivity contribution in [3.05, 3.63) is 35.9 Å². The molecular weight excluding hydrogens is 698 g/mol. The van der Waals surface area contributed by atoms with Crippen molar-refractivity contribution < 1.29 is 33.6 Å². The third-order valence-corrected chi connectivity index (χ3v) is 8.88. The van der Waals surface area contributed by atoms with Crippen LogP contribution in [0.2, 0.25) is 0 Å². The van der Waals surface area contributed by atoms with Gasteiger partial charge in [-0.15, -0.1) is 0 Å². The Morgan fingerprint density at radius 3 is 2.09 bits per heavy atom. The molecule has 1 aliphatic rings. The van der Waals surface area contributed by atoms with E-state index in [-0.39, 0.29) is 76.3 Å². The number of carbonyl (C=O) groups is 7. The summed E-state index contributed by atoms with van der Waals surface area (Å²) in [7, 11) is 0. The molecule has 14 N–H and O–H groups in total. The zero-order chi connectivity index (χ0) is 40.0. The predicted molar refractivity (Wildman–Crippen MR) is 203 cm³/mol. The number of amides is 6. The predicted octanol–water partition coefficient (Wildman–Crippen LogP) is -2.15. The van der Waals surface area contributed by atoms with Gasteiger partial charge in [0.1, 0.15) is 24.2 Å². The molecule has 0 spiro atoms. The van der Waals surface area contributed by atoms with Gasteiger partial charge in [0.2, 0.25) is 35.4 Å². The third-order valence-electron chi connectivity index (χ3n) is 8.88. The fourth-order valence-electron chi connectivity index (χ4n) is 5.71. The topological polar surface area (TPSA) is 308 Å². The molecule has 18 heteroatoms. The largest absolute Gasteiger partial charge is 0.370 e. The molecule has 1 aromatic rings. The van der Waals surface area contributed by atoms with Crippen molar-refractivity contribution in [2.24, 2.45) is 27.9 Å². The quantitative estimate of drug-likeness (QED) is 0.0523. The van der Waals surface area contributed by atoms with Gasteiger partial charge < -0.3 is 54.8 Å². The number of nitrogens with one attached hydrogen (secondary N) is 6. The third kappa shape index (κ3) is 16.7. The monoisotopic (exact) mass is 757 g/mol. The highest BCUT2D eigenvalue weighted by molar-refractivity contribution is 5.97. The van der Waals surface area contributed by atoms with E-state index >= 15 is 0 Å². The minimum absolute atomic E-state index is 0.00523. The van der Waals surface area contributed by atoms with Gasteiger partial charge >= 0.3 is 0 Å². The maximum Gasteiger partial charge on any atom is 0.243 e. The summed E-state index contributed by atoms with van der Waals surface area (Å²) in [5.74, 6) is -4.39. The first-order valence-electron chi connectivity index (χ1n) is 18.6. The van der Waals surface area contributed by atoms with Crippen molar-refractivity contribution >= 4 is 47.2 Å². The summed E-state index contributed by atoms with van der Waals surface area (Å²) in [5.41, 5.74) is 23.4. The van der Waals surface area contributed by atoms with Crippen LogP contribution in [0.3, 0.4) is 0 Å². The molecule has 54 heavy (non-hydrogen) atoms. The average Bonchev–Trinajstić information content (AvgIpc) is 3.13. The number of nitrogens with zero attached hydrogens (tertiary/aromatic N) is 1. The van der Waals surface area contributed by atoms with Crippen LogP contribution >= 0.6 is 0 Å². The summed E-state index contributed by atoms with van der Waals surface area (Å²) in [5, 5.41) is 16.1. The second kappa shape index (κ2) is 24.3. The standard InChI is InChI=1S/C36H59N11O7/c1-3-4-12-24(38)31(50)44-28-15-16-30(49)41-20-17-25(22(2)48)43-32(51)27(14-9-19-42-36(39)40)46-35(54)29(21-23-10-6-5-7-11-23)47-33(52)26(13-8-18-37)45-34(28)53/h5-7,10-11,24-29H,3-4,8-9,12-21,37-38H2,1-2H3,(H,41,49)(H,43,51)(H,44,50)(H,45,53)(H,46,54)(H,47,52)(H4,39,40,42)/t24-,25-,26-,27-,28-,29?/m0/s1. The first kappa shape index (κ1) is 45.1. The van der Waals surface area contributed by atoms with Gasteiger partial charge in [-0.2, -0.15) is 0 Å². The lowest BCUT2D eigenvalue weighted by Crippen LogP contribution is -2.59. The lowest BCUT2D eigenvalue weighted by molar-refractivity contribution is -0.135. The molecule has 2 rings (SSSR count). The number of aliphatic imine (C=N–C) groups is 1. The highest BCUT2D eigenvalue weighted by Crippen LogP contribution is 2.10. The maximum absolute atomic E-state index is 14.0. The van der Waals surface area contributed by atoms with Crippen LogP contribution in [0, 0.1) is 0 Å². The number of carbonyl (C=O) groups excluding carboxylic acids is 7. The molecule has 0 aromatic heterocycles. The van der Waals surface area contributed by atoms with Crippen molar-refractivity contribution in [2.75, 3.05) is 19.6 Å². The Balaban J connectivity index is 2.54. The van der Waals surface area contributed by atoms with Crippen LogP contribution in [0.5, 0.6) is 0 Å². The van der Waals surface area contributed by atoms with Crippen molar-refractivity contribution in [3.8, 4) is 0 Å². The van der Waals surface area contributed by atoms with Gasteiger partial charge in [0, 0.05) is 25.9 Å². The summed E-state index contributed by atoms with van der Waals surface area (Å²) < 4.78 is 0. The van der Waals surface area contributed by atoms with Crippen molar-refractivity contribution in [1.82, 2.24) is 31.9 Å². The SMILES string of the molecule is CCCC[C@H](N)C(=O)N[C@H]1CCC(=O)NCC[C@@H](C(C)=O)NC(=O)[C@H](CCCN=C(N)N)NC(=O)C(Cc2ccccc2)NC(=O)[C@H](CCCN)NC1=O. The molecule has 0 radical (unpaired) electrons. The highest BCUT2D eigenvalue weighted by atomic mass is 16.2. The molecular formula is C36H59N11O7. The molecule has 1 aliphatic heterocycles. The van der Waals surface area contributed by atoms with E-state index in [1.807, 2.05) is 6.92 Å². The summed E-state index contributed by atoms with van der Waals surface area (Å²) >= 11 is 0. The molecule has 0 aliphatic carbocycles. The van der Waals surface area contributed by atoms with Gasteiger partial charge in [-0.3, -0.25) is 38.6 Å². The van der Waals surface area contributed by atoms with Crippen LogP contribution in [0.4, 0.5) is 0 Å². The summed E-state index contributed by atoms with van der Waals surface area (Å²) in [6.07, 6.45) is 2.37. The lowest BCUT2D eigenvalue weighted by Gasteiger charge is -2.27. The van der Waals surface area contributed by atoms with Crippen molar-refractivity contribution in [1.29, 1.82) is 0 Å². The maximum atomic E-state index is 14.0. The van der Waals surface area contributed by atoms with Crippen LogP contribution in [-0.2, 0) is 40.0 Å². The Morgan fingerprint density at radius 1 is 0.852 bits per heavy atom. The average molecular weight is 758 g/mol. The second-order valence-corrected chi connectivity index (χ2v) is 13.4. The molecule has 1 heterocycles. The van der Waals surface area contributed by atoms with Crippen molar-refractivity contribution in [3.63, 3.8) is 0 Å². The number of unbranched alkanes of at least 4 members (excludes halogenated alkanes) is 1. The molecule has 1 unspecified atom stereocenters. The molecule has 1 fully saturated rings. The van der Waals surface area contributed by atoms with E-state index in [4.69, 9.17) is 22.9 Å². The number of rotatable bonds is 15. The Labute approximate surface area is 316 Å². The smallest absolute Gasteiger partial charge is 0.243 e. The molecule has 0 saturated carbocycles. The van der Waals surface area contributed by atoms with Gasteiger partial charge in [-0.1, -0.05) is 50.1 Å². The fourth-order valence-corrected chi connectivity index (χ4v) is 5.71. The van der Waals surface area contributed by atoms with Crippen LogP contribution < -0.4 is 54.8 Å². The summed E-state index contributed by atoms with van der Waals surface area (Å²) in [6.45, 7) is 3.58. The molecule has 300 valence electrons. The van der Waals surface area contributed by atoms with E-state index in [0.29, 0.717) is 24.8 Å². The molecule has 1 aromatic carbocycles. The Bertz CT molecular complexity index is 1440. The number of guanidine groups is 1. The normalized spacial score (nSPS) is 22.7. The van der Waals surface area contributed by atoms with Gasteiger partial charge in [-0.05, 0) is 64.0 Å². The number of benzene rings is 1. The molecule has 18 nitrogen and oxygen atoms in total. The van der Waals surface area contributed by atoms with Crippen LogP contribution in [-0.4, -0.2) is 103 Å². The molecule has 6 amide bonds. The minimum Gasteiger partial charge on any atom is -0.370 e. The fraction of sp³-hybridized carbons (Fsp3) is 0.611. The number of hydrogen-bond donors (Lipinski definition) is 10. The molecule has 6 atom stereocenters. The number of hydrogen-bond acceptors (Lipinski definition) is 10. The first-order chi connectivity index (χ1) is 25.7. The van der Waals surface area contributed by atoms with Gasteiger partial charge in [0.15, 0.2) is 11.7 Å². The van der Waals surface area contributed by atoms with Crippen LogP contribution in [0.1, 0.15) is 83.6 Å². The number of ketones is 1. The lowest BCUT2D eigenvalue weighted by atomic mass is 10.0. The number of nitrogens with two attached hydrogens (primary N) is 4. The number of Topliss-reactive ketones (excluding diaryl/α,β-unsaturated/α-hetero) is 1. The zero-order valence-electron chi connectivity index (χ0n) is 31.4. The summed E-state index contributed by atoms with van der Waals surface area (Å²) in [6, 6.07) is 2.16. The van der Waals surface area contributed by atoms with Crippen LogP contribution in [0.15, 0.2) is 35.3 Å². The van der Waals surface area contributed by atoms with E-state index in [1.165, 1.54) is 6.92 Å². The molecule has 0 bridgehead atoms. The van der Waals surface area contributed by atoms with E-state index in [0.717, 1.165) is 6.42 Å². The molecule has 1 saturated heterocycles.